The van der Waals surface area contributed by atoms with E-state index in [1.807, 2.05) is 13.0 Å². The van der Waals surface area contributed by atoms with Crippen molar-refractivity contribution in [1.29, 1.82) is 0 Å². The van der Waals surface area contributed by atoms with Crippen molar-refractivity contribution < 1.29 is 17.7 Å². The summed E-state index contributed by atoms with van der Waals surface area (Å²) in [5.74, 6) is 1.30. The minimum atomic E-state index is -3.25. The summed E-state index contributed by atoms with van der Waals surface area (Å²) in [6.07, 6.45) is 1.84. The van der Waals surface area contributed by atoms with Gasteiger partial charge in [0, 0.05) is 18.2 Å². The third kappa shape index (κ3) is 3.48. The molecular weight excluding hydrogens is 374 g/mol. The lowest BCUT2D eigenvalue weighted by atomic mass is 9.98. The van der Waals surface area contributed by atoms with Gasteiger partial charge < -0.3 is 9.26 Å². The summed E-state index contributed by atoms with van der Waals surface area (Å²) in [6.45, 7) is 1.97. The average Bonchev–Trinajstić information content (AvgIpc) is 3.05. The molecule has 0 bridgehead atoms. The molecule has 3 rings (SSSR count). The van der Waals surface area contributed by atoms with Gasteiger partial charge in [0.05, 0.1) is 22.6 Å². The first-order chi connectivity index (χ1) is 12.3. The molecule has 7 heteroatoms. The largest absolute Gasteiger partial charge is 0.495 e. The van der Waals surface area contributed by atoms with E-state index < -0.39 is 9.84 Å². The van der Waals surface area contributed by atoms with Crippen molar-refractivity contribution >= 4 is 21.4 Å². The highest BCUT2D eigenvalue weighted by Crippen LogP contribution is 2.37. The number of hydrogen-bond acceptors (Lipinski definition) is 5. The zero-order valence-corrected chi connectivity index (χ0v) is 16.2. The topological polar surface area (TPSA) is 69.4 Å². The van der Waals surface area contributed by atoms with Crippen molar-refractivity contribution in [3.05, 3.63) is 53.2 Å². The Hall–Kier alpha value is -2.31. The van der Waals surface area contributed by atoms with E-state index in [-0.39, 0.29) is 4.90 Å². The lowest BCUT2D eigenvalue weighted by Gasteiger charge is -2.07. The van der Waals surface area contributed by atoms with Gasteiger partial charge in [-0.05, 0) is 35.9 Å². The number of hydrogen-bond donors (Lipinski definition) is 0. The van der Waals surface area contributed by atoms with Crippen molar-refractivity contribution in [3.8, 4) is 28.1 Å². The van der Waals surface area contributed by atoms with Gasteiger partial charge >= 0.3 is 0 Å². The van der Waals surface area contributed by atoms with Crippen LogP contribution in [0.1, 0.15) is 12.7 Å². The molecule has 0 amide bonds. The van der Waals surface area contributed by atoms with Gasteiger partial charge in [-0.15, -0.1) is 0 Å². The van der Waals surface area contributed by atoms with E-state index in [1.165, 1.54) is 6.26 Å². The fourth-order valence-corrected chi connectivity index (χ4v) is 3.63. The van der Waals surface area contributed by atoms with Gasteiger partial charge in [0.2, 0.25) is 0 Å². The fraction of sp³-hybridized carbons (Fsp3) is 0.211. The number of aromatic nitrogens is 1. The quantitative estimate of drug-likeness (QED) is 0.633. The Morgan fingerprint density at radius 1 is 1.12 bits per heavy atom. The molecule has 1 aromatic heterocycles. The minimum absolute atomic E-state index is 0.268. The Kier molecular flexibility index (Phi) is 5.07. The highest BCUT2D eigenvalue weighted by Gasteiger charge is 2.19. The summed E-state index contributed by atoms with van der Waals surface area (Å²) in [6, 6.07) is 12.1. The van der Waals surface area contributed by atoms with Crippen LogP contribution in [0.5, 0.6) is 5.75 Å². The van der Waals surface area contributed by atoms with Crippen LogP contribution in [0.4, 0.5) is 0 Å². The number of ether oxygens (including phenoxy) is 1. The van der Waals surface area contributed by atoms with Gasteiger partial charge in [-0.1, -0.05) is 35.8 Å². The first-order valence-electron chi connectivity index (χ1n) is 7.98. The van der Waals surface area contributed by atoms with Gasteiger partial charge in [0.15, 0.2) is 9.84 Å². The highest BCUT2D eigenvalue weighted by atomic mass is 35.5. The molecule has 0 saturated carbocycles. The van der Waals surface area contributed by atoms with Crippen LogP contribution in [0.15, 0.2) is 51.9 Å². The zero-order chi connectivity index (χ0) is 18.9. The average molecular weight is 392 g/mol. The summed E-state index contributed by atoms with van der Waals surface area (Å²) >= 11 is 6.24. The molecule has 0 N–H and O–H groups in total. The third-order valence-corrected chi connectivity index (χ3v) is 5.50. The van der Waals surface area contributed by atoms with Crippen LogP contribution in [-0.2, 0) is 16.3 Å². The second kappa shape index (κ2) is 7.13. The Bertz CT molecular complexity index is 1040. The van der Waals surface area contributed by atoms with Crippen molar-refractivity contribution in [2.75, 3.05) is 13.4 Å². The standard InChI is InChI=1S/C19H18ClNO4S/c1-4-16-18(12-5-8-14(9-6-12)26(3,22)23)19(21-25-16)13-7-10-17(24-2)15(20)11-13/h5-11H,4H2,1-3H3. The molecule has 0 fully saturated rings. The molecule has 3 aromatic rings. The van der Waals surface area contributed by atoms with E-state index in [0.717, 1.165) is 22.5 Å². The molecule has 0 radical (unpaired) electrons. The molecule has 0 spiro atoms. The number of halogens is 1. The molecule has 0 aliphatic carbocycles. The molecule has 26 heavy (non-hydrogen) atoms. The third-order valence-electron chi connectivity index (χ3n) is 4.08. The van der Waals surface area contributed by atoms with Gasteiger partial charge in [0.25, 0.3) is 0 Å². The molecule has 0 aliphatic heterocycles. The Morgan fingerprint density at radius 3 is 2.31 bits per heavy atom. The number of rotatable bonds is 5. The second-order valence-corrected chi connectivity index (χ2v) is 8.25. The van der Waals surface area contributed by atoms with E-state index >= 15 is 0 Å². The van der Waals surface area contributed by atoms with Crippen LogP contribution in [0.25, 0.3) is 22.4 Å². The van der Waals surface area contributed by atoms with E-state index in [1.54, 1.807) is 43.5 Å². The maximum absolute atomic E-state index is 11.7. The van der Waals surface area contributed by atoms with Gasteiger partial charge in [-0.3, -0.25) is 0 Å². The molecule has 5 nitrogen and oxygen atoms in total. The molecule has 136 valence electrons. The number of methoxy groups -OCH3 is 1. The smallest absolute Gasteiger partial charge is 0.175 e. The molecule has 0 saturated heterocycles. The van der Waals surface area contributed by atoms with Crippen LogP contribution in [-0.4, -0.2) is 26.9 Å². The molecule has 2 aromatic carbocycles. The summed E-state index contributed by atoms with van der Waals surface area (Å²) < 4.78 is 34.1. The first kappa shape index (κ1) is 18.5. The lowest BCUT2D eigenvalue weighted by Crippen LogP contribution is -1.96. The van der Waals surface area contributed by atoms with E-state index in [9.17, 15) is 8.42 Å². The van der Waals surface area contributed by atoms with Crippen molar-refractivity contribution in [3.63, 3.8) is 0 Å². The Morgan fingerprint density at radius 2 is 1.77 bits per heavy atom. The summed E-state index contributed by atoms with van der Waals surface area (Å²) in [5.41, 5.74) is 3.10. The SMILES string of the molecule is CCc1onc(-c2ccc(OC)c(Cl)c2)c1-c1ccc(S(C)(=O)=O)cc1. The van der Waals surface area contributed by atoms with Gasteiger partial charge in [-0.2, -0.15) is 0 Å². The maximum atomic E-state index is 11.7. The molecule has 0 unspecified atom stereocenters. The molecular formula is C19H18ClNO4S. The van der Waals surface area contributed by atoms with Crippen LogP contribution in [0.2, 0.25) is 5.02 Å². The number of aryl methyl sites for hydroxylation is 1. The van der Waals surface area contributed by atoms with Crippen molar-refractivity contribution in [2.45, 2.75) is 18.2 Å². The van der Waals surface area contributed by atoms with Crippen LogP contribution in [0.3, 0.4) is 0 Å². The predicted octanol–water partition coefficient (Wildman–Crippen LogP) is 4.64. The van der Waals surface area contributed by atoms with Crippen molar-refractivity contribution in [1.82, 2.24) is 5.16 Å². The first-order valence-corrected chi connectivity index (χ1v) is 10.2. The van der Waals surface area contributed by atoms with Crippen LogP contribution in [0, 0.1) is 0 Å². The molecule has 0 aliphatic rings. The zero-order valence-electron chi connectivity index (χ0n) is 14.6. The minimum Gasteiger partial charge on any atom is -0.495 e. The predicted molar refractivity (Wildman–Crippen MR) is 101 cm³/mol. The normalized spacial score (nSPS) is 11.5. The highest BCUT2D eigenvalue weighted by molar-refractivity contribution is 7.90. The summed E-state index contributed by atoms with van der Waals surface area (Å²) in [7, 11) is -1.69. The van der Waals surface area contributed by atoms with E-state index in [4.69, 9.17) is 20.9 Å². The number of sulfone groups is 1. The van der Waals surface area contributed by atoms with Crippen molar-refractivity contribution in [2.24, 2.45) is 0 Å². The van der Waals surface area contributed by atoms with E-state index in [2.05, 4.69) is 5.16 Å². The van der Waals surface area contributed by atoms with E-state index in [0.29, 0.717) is 22.9 Å². The van der Waals surface area contributed by atoms with Crippen LogP contribution < -0.4 is 4.74 Å². The van der Waals surface area contributed by atoms with Crippen LogP contribution >= 0.6 is 11.6 Å². The fourth-order valence-electron chi connectivity index (χ4n) is 2.74. The molecule has 1 heterocycles. The van der Waals surface area contributed by atoms with Gasteiger partial charge in [0.1, 0.15) is 17.2 Å². The van der Waals surface area contributed by atoms with Gasteiger partial charge in [-0.25, -0.2) is 8.42 Å². The maximum Gasteiger partial charge on any atom is 0.175 e. The number of benzene rings is 2. The monoisotopic (exact) mass is 391 g/mol. The Balaban J connectivity index is 2.13. The second-order valence-electron chi connectivity index (χ2n) is 5.83. The molecule has 0 atom stereocenters. The lowest BCUT2D eigenvalue weighted by molar-refractivity contribution is 0.389. The summed E-state index contributed by atoms with van der Waals surface area (Å²) in [4.78, 5) is 0.268. The summed E-state index contributed by atoms with van der Waals surface area (Å²) in [5, 5.41) is 4.69. The Labute approximate surface area is 157 Å². The number of nitrogens with zero attached hydrogens (tertiary/aromatic N) is 1.